The van der Waals surface area contributed by atoms with Gasteiger partial charge in [0.1, 0.15) is 6.29 Å². The zero-order valence-electron chi connectivity index (χ0n) is 9.54. The number of hydrogen-bond acceptors (Lipinski definition) is 1. The van der Waals surface area contributed by atoms with Crippen LogP contribution in [0.5, 0.6) is 0 Å². The molecule has 0 N–H and O–H groups in total. The number of hydrogen-bond donors (Lipinski definition) is 0. The van der Waals surface area contributed by atoms with Gasteiger partial charge in [0.15, 0.2) is 0 Å². The summed E-state index contributed by atoms with van der Waals surface area (Å²) in [6.45, 7) is 0. The summed E-state index contributed by atoms with van der Waals surface area (Å²) in [6, 6.07) is 10.2. The minimum absolute atomic E-state index is 0.368. The molecule has 1 aromatic rings. The summed E-state index contributed by atoms with van der Waals surface area (Å²) < 4.78 is 0. The van der Waals surface area contributed by atoms with Crippen molar-refractivity contribution < 1.29 is 4.79 Å². The molecule has 0 aromatic heterocycles. The lowest BCUT2D eigenvalue weighted by Gasteiger charge is -2.07. The van der Waals surface area contributed by atoms with Crippen molar-refractivity contribution in [3.63, 3.8) is 0 Å². The highest BCUT2D eigenvalue weighted by Gasteiger charge is 2.33. The van der Waals surface area contributed by atoms with Crippen molar-refractivity contribution >= 4 is 12.4 Å². The summed E-state index contributed by atoms with van der Waals surface area (Å²) in [6.07, 6.45) is 10.7. The first-order valence-corrected chi connectivity index (χ1v) is 5.99. The zero-order valence-corrected chi connectivity index (χ0v) is 9.54. The number of carbonyl (C=O) groups excluding carboxylic acids is 1. The van der Waals surface area contributed by atoms with Crippen LogP contribution in [-0.4, -0.2) is 6.29 Å². The normalized spacial score (nSPS) is 26.1. The highest BCUT2D eigenvalue weighted by Crippen LogP contribution is 2.43. The van der Waals surface area contributed by atoms with E-state index in [4.69, 9.17) is 0 Å². The Morgan fingerprint density at radius 3 is 2.35 bits per heavy atom. The molecular formula is C16H14O. The second kappa shape index (κ2) is 4.17. The number of benzene rings is 1. The van der Waals surface area contributed by atoms with Gasteiger partial charge in [-0.3, -0.25) is 4.79 Å². The van der Waals surface area contributed by atoms with Crippen LogP contribution in [0, 0.1) is 11.8 Å². The lowest BCUT2D eigenvalue weighted by Crippen LogP contribution is -1.97. The molecular weight excluding hydrogens is 208 g/mol. The van der Waals surface area contributed by atoms with Crippen LogP contribution in [0.15, 0.2) is 59.7 Å². The fraction of sp³-hybridized carbons (Fsp3) is 0.188. The summed E-state index contributed by atoms with van der Waals surface area (Å²) >= 11 is 0. The molecule has 2 atom stereocenters. The summed E-state index contributed by atoms with van der Waals surface area (Å²) in [4.78, 5) is 11.1. The Morgan fingerprint density at radius 1 is 0.941 bits per heavy atom. The second-order valence-corrected chi connectivity index (χ2v) is 4.61. The number of carbonyl (C=O) groups is 1. The van der Waals surface area contributed by atoms with Gasteiger partial charge in [0, 0.05) is 17.4 Å². The van der Waals surface area contributed by atoms with Gasteiger partial charge in [0.25, 0.3) is 0 Å². The molecule has 0 amide bonds. The van der Waals surface area contributed by atoms with E-state index in [1.54, 1.807) is 0 Å². The van der Waals surface area contributed by atoms with Crippen molar-refractivity contribution in [3.05, 3.63) is 65.3 Å². The van der Waals surface area contributed by atoms with Crippen LogP contribution in [-0.2, 0) is 4.79 Å². The third kappa shape index (κ3) is 1.78. The smallest absolute Gasteiger partial charge is 0.146 e. The largest absolute Gasteiger partial charge is 0.298 e. The molecule has 0 radical (unpaired) electrons. The Balaban J connectivity index is 1.88. The first kappa shape index (κ1) is 10.3. The van der Waals surface area contributed by atoms with Gasteiger partial charge in [0.2, 0.25) is 0 Å². The molecule has 2 bridgehead atoms. The van der Waals surface area contributed by atoms with Gasteiger partial charge < -0.3 is 0 Å². The van der Waals surface area contributed by atoms with E-state index in [-0.39, 0.29) is 0 Å². The fourth-order valence-electron chi connectivity index (χ4n) is 2.71. The third-order valence-corrected chi connectivity index (χ3v) is 3.60. The maximum Gasteiger partial charge on any atom is 0.146 e. The van der Waals surface area contributed by atoms with Crippen LogP contribution in [0.1, 0.15) is 12.0 Å². The van der Waals surface area contributed by atoms with Crippen molar-refractivity contribution in [3.8, 4) is 0 Å². The molecule has 17 heavy (non-hydrogen) atoms. The zero-order chi connectivity index (χ0) is 11.7. The average molecular weight is 222 g/mol. The van der Waals surface area contributed by atoms with E-state index >= 15 is 0 Å². The predicted octanol–water partition coefficient (Wildman–Crippen LogP) is 3.40. The molecule has 1 heteroatoms. The Hall–Kier alpha value is -1.89. The van der Waals surface area contributed by atoms with E-state index < -0.39 is 0 Å². The van der Waals surface area contributed by atoms with E-state index in [0.29, 0.717) is 11.8 Å². The van der Waals surface area contributed by atoms with Gasteiger partial charge in [-0.2, -0.15) is 0 Å². The molecule has 0 heterocycles. The third-order valence-electron chi connectivity index (χ3n) is 3.60. The molecule has 0 unspecified atom stereocenters. The van der Waals surface area contributed by atoms with E-state index in [9.17, 15) is 4.79 Å². The summed E-state index contributed by atoms with van der Waals surface area (Å²) in [5.41, 5.74) is 3.36. The van der Waals surface area contributed by atoms with Crippen LogP contribution in [0.2, 0.25) is 0 Å². The Labute approximate surface area is 101 Å². The minimum atomic E-state index is 0.368. The number of fused-ring (bicyclic) bond motifs is 2. The monoisotopic (exact) mass is 222 g/mol. The van der Waals surface area contributed by atoms with Crippen molar-refractivity contribution in [2.45, 2.75) is 6.42 Å². The number of allylic oxidation sites excluding steroid dienone is 5. The maximum absolute atomic E-state index is 11.1. The van der Waals surface area contributed by atoms with Crippen molar-refractivity contribution in [1.29, 1.82) is 0 Å². The van der Waals surface area contributed by atoms with Gasteiger partial charge >= 0.3 is 0 Å². The van der Waals surface area contributed by atoms with E-state index in [1.165, 1.54) is 11.1 Å². The Kier molecular flexibility index (Phi) is 2.52. The maximum atomic E-state index is 11.1. The minimum Gasteiger partial charge on any atom is -0.298 e. The van der Waals surface area contributed by atoms with Gasteiger partial charge in [-0.25, -0.2) is 0 Å². The molecule has 1 aromatic carbocycles. The summed E-state index contributed by atoms with van der Waals surface area (Å²) in [7, 11) is 0. The van der Waals surface area contributed by atoms with Crippen LogP contribution in [0.4, 0.5) is 0 Å². The second-order valence-electron chi connectivity index (χ2n) is 4.61. The van der Waals surface area contributed by atoms with Gasteiger partial charge in [0.05, 0.1) is 0 Å². The predicted molar refractivity (Wildman–Crippen MR) is 69.3 cm³/mol. The molecule has 0 saturated heterocycles. The molecule has 2 aliphatic rings. The van der Waals surface area contributed by atoms with Crippen LogP contribution < -0.4 is 0 Å². The highest BCUT2D eigenvalue weighted by molar-refractivity contribution is 5.80. The average Bonchev–Trinajstić information content (AvgIpc) is 2.97. The highest BCUT2D eigenvalue weighted by atomic mass is 16.1. The fourth-order valence-corrected chi connectivity index (χ4v) is 2.71. The molecule has 3 rings (SSSR count). The molecule has 2 aliphatic carbocycles. The molecule has 84 valence electrons. The standard InChI is InChI=1S/C16H14O/c17-11-16-14-8-7-13(10-14)15(16)9-6-12-4-2-1-3-5-12/h1-9,11,13-14H,10H2/b9-6+/t13-,14+/m0/s1. The van der Waals surface area contributed by atoms with E-state index in [2.05, 4.69) is 36.4 Å². The van der Waals surface area contributed by atoms with Crippen LogP contribution in [0.25, 0.3) is 6.08 Å². The van der Waals surface area contributed by atoms with E-state index in [0.717, 1.165) is 18.3 Å². The van der Waals surface area contributed by atoms with Crippen molar-refractivity contribution in [2.75, 3.05) is 0 Å². The molecule has 0 spiro atoms. The van der Waals surface area contributed by atoms with Crippen LogP contribution >= 0.6 is 0 Å². The Bertz CT molecular complexity index is 520. The SMILES string of the molecule is O=CC1=C(/C=C/c2ccccc2)[C@H]2C=C[C@@H]1C2. The van der Waals surface area contributed by atoms with Crippen molar-refractivity contribution in [2.24, 2.45) is 11.8 Å². The van der Waals surface area contributed by atoms with Gasteiger partial charge in [-0.15, -0.1) is 0 Å². The quantitative estimate of drug-likeness (QED) is 0.566. The Morgan fingerprint density at radius 2 is 1.65 bits per heavy atom. The van der Waals surface area contributed by atoms with Gasteiger partial charge in [-0.1, -0.05) is 54.6 Å². The first-order valence-electron chi connectivity index (χ1n) is 5.99. The van der Waals surface area contributed by atoms with Crippen LogP contribution in [0.3, 0.4) is 0 Å². The number of aldehydes is 1. The molecule has 0 saturated carbocycles. The summed E-state index contributed by atoms with van der Waals surface area (Å²) in [5, 5.41) is 0. The van der Waals surface area contributed by atoms with E-state index in [1.807, 2.05) is 18.2 Å². The van der Waals surface area contributed by atoms with Crippen molar-refractivity contribution in [1.82, 2.24) is 0 Å². The lowest BCUT2D eigenvalue weighted by molar-refractivity contribution is -0.105. The number of rotatable bonds is 3. The van der Waals surface area contributed by atoms with Gasteiger partial charge in [-0.05, 0) is 17.6 Å². The lowest BCUT2D eigenvalue weighted by atomic mass is 9.97. The molecule has 1 nitrogen and oxygen atoms in total. The molecule has 0 fully saturated rings. The first-order chi connectivity index (χ1) is 8.38. The summed E-state index contributed by atoms with van der Waals surface area (Å²) in [5.74, 6) is 0.827. The topological polar surface area (TPSA) is 17.1 Å². The molecule has 0 aliphatic heterocycles.